The van der Waals surface area contributed by atoms with Gasteiger partial charge < -0.3 is 15.4 Å². The van der Waals surface area contributed by atoms with Gasteiger partial charge in [-0.15, -0.1) is 6.42 Å². The van der Waals surface area contributed by atoms with Gasteiger partial charge in [0, 0.05) is 13.6 Å². The van der Waals surface area contributed by atoms with Crippen molar-refractivity contribution < 1.29 is 4.74 Å². The molecular weight excluding hydrogens is 310 g/mol. The van der Waals surface area contributed by atoms with Crippen LogP contribution in [0.25, 0.3) is 0 Å². The van der Waals surface area contributed by atoms with Crippen LogP contribution in [0, 0.1) is 12.3 Å². The molecule has 25 heavy (non-hydrogen) atoms. The molecule has 0 spiro atoms. The molecule has 1 atom stereocenters. The van der Waals surface area contributed by atoms with Crippen LogP contribution in [0.5, 0.6) is 5.75 Å². The Labute approximate surface area is 150 Å². The Morgan fingerprint density at radius 1 is 1.16 bits per heavy atom. The number of hydrogen-bond acceptors (Lipinski definition) is 2. The molecule has 0 radical (unpaired) electrons. The standard InChI is InChI=1S/C21H25N3O/c1-4-16-25-20-12-10-18(11-13-20)14-15-23-21(22-3)24-17(2)19-8-6-5-7-9-19/h1,5-13,17H,14-16H2,2-3H3,(H2,22,23,24). The topological polar surface area (TPSA) is 45.6 Å². The Morgan fingerprint density at radius 3 is 2.52 bits per heavy atom. The number of benzene rings is 2. The van der Waals surface area contributed by atoms with Crippen molar-refractivity contribution in [3.8, 4) is 18.1 Å². The molecule has 0 aromatic heterocycles. The van der Waals surface area contributed by atoms with E-state index in [0.29, 0.717) is 6.61 Å². The molecule has 2 rings (SSSR count). The average Bonchev–Trinajstić information content (AvgIpc) is 2.67. The van der Waals surface area contributed by atoms with Crippen molar-refractivity contribution >= 4 is 5.96 Å². The van der Waals surface area contributed by atoms with Crippen LogP contribution in [-0.2, 0) is 6.42 Å². The highest BCUT2D eigenvalue weighted by atomic mass is 16.5. The van der Waals surface area contributed by atoms with E-state index in [9.17, 15) is 0 Å². The fraction of sp³-hybridized carbons (Fsp3) is 0.286. The van der Waals surface area contributed by atoms with E-state index in [0.717, 1.165) is 24.7 Å². The lowest BCUT2D eigenvalue weighted by Crippen LogP contribution is -2.39. The third-order valence-corrected chi connectivity index (χ3v) is 3.83. The SMILES string of the molecule is C#CCOc1ccc(CCNC(=NC)NC(C)c2ccccc2)cc1. The van der Waals surface area contributed by atoms with Crippen molar-refractivity contribution in [2.24, 2.45) is 4.99 Å². The molecule has 2 aromatic carbocycles. The Kier molecular flexibility index (Phi) is 7.40. The summed E-state index contributed by atoms with van der Waals surface area (Å²) < 4.78 is 5.38. The molecule has 0 amide bonds. The molecular formula is C21H25N3O. The maximum atomic E-state index is 5.38. The van der Waals surface area contributed by atoms with Crippen LogP contribution in [0.3, 0.4) is 0 Å². The quantitative estimate of drug-likeness (QED) is 0.464. The number of nitrogens with one attached hydrogen (secondary N) is 2. The number of rotatable bonds is 7. The number of guanidine groups is 1. The molecule has 0 saturated carbocycles. The summed E-state index contributed by atoms with van der Waals surface area (Å²) in [6, 6.07) is 18.5. The third kappa shape index (κ3) is 6.23. The second-order valence-corrected chi connectivity index (χ2v) is 5.66. The van der Waals surface area contributed by atoms with Gasteiger partial charge in [-0.05, 0) is 36.6 Å². The molecule has 0 aliphatic carbocycles. The highest BCUT2D eigenvalue weighted by molar-refractivity contribution is 5.80. The summed E-state index contributed by atoms with van der Waals surface area (Å²) in [5, 5.41) is 6.75. The zero-order valence-corrected chi connectivity index (χ0v) is 14.8. The maximum absolute atomic E-state index is 5.38. The Hall–Kier alpha value is -2.93. The Balaban J connectivity index is 1.78. The van der Waals surface area contributed by atoms with Gasteiger partial charge in [0.25, 0.3) is 0 Å². The van der Waals surface area contributed by atoms with Crippen LogP contribution in [-0.4, -0.2) is 26.2 Å². The van der Waals surface area contributed by atoms with Gasteiger partial charge in [0.15, 0.2) is 5.96 Å². The van der Waals surface area contributed by atoms with Gasteiger partial charge in [0.2, 0.25) is 0 Å². The maximum Gasteiger partial charge on any atom is 0.191 e. The summed E-state index contributed by atoms with van der Waals surface area (Å²) in [4.78, 5) is 4.29. The van der Waals surface area contributed by atoms with Gasteiger partial charge in [-0.3, -0.25) is 4.99 Å². The van der Waals surface area contributed by atoms with Crippen molar-refractivity contribution in [1.82, 2.24) is 10.6 Å². The predicted octanol–water partition coefficient (Wildman–Crippen LogP) is 3.17. The van der Waals surface area contributed by atoms with Crippen molar-refractivity contribution in [1.29, 1.82) is 0 Å². The molecule has 4 nitrogen and oxygen atoms in total. The first-order chi connectivity index (χ1) is 12.2. The summed E-state index contributed by atoms with van der Waals surface area (Å²) >= 11 is 0. The minimum atomic E-state index is 0.194. The molecule has 2 aromatic rings. The van der Waals surface area contributed by atoms with Crippen LogP contribution in [0.4, 0.5) is 0 Å². The molecule has 0 aliphatic rings. The normalized spacial score (nSPS) is 12.1. The van der Waals surface area contributed by atoms with Gasteiger partial charge >= 0.3 is 0 Å². The average molecular weight is 335 g/mol. The van der Waals surface area contributed by atoms with Crippen molar-refractivity contribution in [2.75, 3.05) is 20.2 Å². The molecule has 2 N–H and O–H groups in total. The monoisotopic (exact) mass is 335 g/mol. The van der Waals surface area contributed by atoms with Gasteiger partial charge in [0.05, 0.1) is 6.04 Å². The number of hydrogen-bond donors (Lipinski definition) is 2. The molecule has 0 bridgehead atoms. The van der Waals surface area contributed by atoms with Crippen LogP contribution < -0.4 is 15.4 Å². The minimum Gasteiger partial charge on any atom is -0.481 e. The number of ether oxygens (including phenoxy) is 1. The molecule has 4 heteroatoms. The Bertz CT molecular complexity index is 702. The second-order valence-electron chi connectivity index (χ2n) is 5.66. The van der Waals surface area contributed by atoms with Crippen LogP contribution in [0.15, 0.2) is 59.6 Å². The molecule has 1 unspecified atom stereocenters. The van der Waals surface area contributed by atoms with Crippen molar-refractivity contribution in [2.45, 2.75) is 19.4 Å². The van der Waals surface area contributed by atoms with Gasteiger partial charge in [-0.1, -0.05) is 48.4 Å². The van der Waals surface area contributed by atoms with Crippen LogP contribution >= 0.6 is 0 Å². The second kappa shape index (κ2) is 10.0. The largest absolute Gasteiger partial charge is 0.481 e. The minimum absolute atomic E-state index is 0.194. The van der Waals surface area contributed by atoms with E-state index in [1.54, 1.807) is 7.05 Å². The van der Waals surface area contributed by atoms with E-state index in [2.05, 4.69) is 52.7 Å². The lowest BCUT2D eigenvalue weighted by Gasteiger charge is -2.18. The molecule has 0 saturated heterocycles. The highest BCUT2D eigenvalue weighted by Gasteiger charge is 2.06. The van der Waals surface area contributed by atoms with Crippen LogP contribution in [0.1, 0.15) is 24.1 Å². The first kappa shape index (κ1) is 18.4. The van der Waals surface area contributed by atoms with Crippen LogP contribution in [0.2, 0.25) is 0 Å². The predicted molar refractivity (Wildman–Crippen MR) is 104 cm³/mol. The van der Waals surface area contributed by atoms with E-state index < -0.39 is 0 Å². The Morgan fingerprint density at radius 2 is 1.88 bits per heavy atom. The van der Waals surface area contributed by atoms with E-state index in [1.807, 2.05) is 30.3 Å². The van der Waals surface area contributed by atoms with Crippen molar-refractivity contribution in [3.05, 3.63) is 65.7 Å². The van der Waals surface area contributed by atoms with E-state index >= 15 is 0 Å². The summed E-state index contributed by atoms with van der Waals surface area (Å²) in [5.41, 5.74) is 2.46. The molecule has 130 valence electrons. The highest BCUT2D eigenvalue weighted by Crippen LogP contribution is 2.12. The van der Waals surface area contributed by atoms with E-state index in [-0.39, 0.29) is 6.04 Å². The number of aliphatic imine (C=N–C) groups is 1. The van der Waals surface area contributed by atoms with Gasteiger partial charge in [-0.25, -0.2) is 0 Å². The van der Waals surface area contributed by atoms with Crippen molar-refractivity contribution in [3.63, 3.8) is 0 Å². The van der Waals surface area contributed by atoms with E-state index in [4.69, 9.17) is 11.2 Å². The summed E-state index contributed by atoms with van der Waals surface area (Å²) in [6.45, 7) is 3.21. The van der Waals surface area contributed by atoms with Gasteiger partial charge in [0.1, 0.15) is 12.4 Å². The third-order valence-electron chi connectivity index (χ3n) is 3.83. The lowest BCUT2D eigenvalue weighted by atomic mass is 10.1. The zero-order valence-electron chi connectivity index (χ0n) is 14.8. The first-order valence-corrected chi connectivity index (χ1v) is 8.40. The summed E-state index contributed by atoms with van der Waals surface area (Å²) in [7, 11) is 1.78. The molecule has 0 aliphatic heterocycles. The summed E-state index contributed by atoms with van der Waals surface area (Å²) in [5.74, 6) is 4.05. The molecule has 0 fully saturated rings. The number of nitrogens with zero attached hydrogens (tertiary/aromatic N) is 1. The number of terminal acetylenes is 1. The van der Waals surface area contributed by atoms with Gasteiger partial charge in [-0.2, -0.15) is 0 Å². The molecule has 0 heterocycles. The fourth-order valence-electron chi connectivity index (χ4n) is 2.43. The smallest absolute Gasteiger partial charge is 0.191 e. The van der Waals surface area contributed by atoms with E-state index in [1.165, 1.54) is 11.1 Å². The first-order valence-electron chi connectivity index (χ1n) is 8.40. The lowest BCUT2D eigenvalue weighted by molar-refractivity contribution is 0.370. The fourth-order valence-corrected chi connectivity index (χ4v) is 2.43. The zero-order chi connectivity index (χ0) is 17.9. The summed E-state index contributed by atoms with van der Waals surface area (Å²) in [6.07, 6.45) is 6.08.